The van der Waals surface area contributed by atoms with Crippen molar-refractivity contribution in [2.75, 3.05) is 19.0 Å². The van der Waals surface area contributed by atoms with Crippen LogP contribution in [0, 0.1) is 0 Å². The van der Waals surface area contributed by atoms with Crippen LogP contribution in [0.4, 0.5) is 10.5 Å². The van der Waals surface area contributed by atoms with E-state index in [0.29, 0.717) is 35.0 Å². The number of nitrogens with zero attached hydrogens (tertiary/aromatic N) is 3. The van der Waals surface area contributed by atoms with Gasteiger partial charge in [-0.1, -0.05) is 11.6 Å². The van der Waals surface area contributed by atoms with Crippen LogP contribution in [0.1, 0.15) is 42.5 Å². The summed E-state index contributed by atoms with van der Waals surface area (Å²) >= 11 is 6.04. The summed E-state index contributed by atoms with van der Waals surface area (Å²) in [6.45, 7) is 6.23. The number of halogens is 1. The molecule has 9 heteroatoms. The first-order chi connectivity index (χ1) is 13.6. The second kappa shape index (κ2) is 7.94. The van der Waals surface area contributed by atoms with Crippen LogP contribution in [0.15, 0.2) is 18.2 Å². The van der Waals surface area contributed by atoms with E-state index in [-0.39, 0.29) is 12.2 Å². The highest BCUT2D eigenvalue weighted by Gasteiger charge is 2.31. The van der Waals surface area contributed by atoms with E-state index in [9.17, 15) is 9.59 Å². The molecule has 1 aromatic carbocycles. The summed E-state index contributed by atoms with van der Waals surface area (Å²) in [6.07, 6.45) is 0.182. The Morgan fingerprint density at radius 2 is 2.00 bits per heavy atom. The lowest BCUT2D eigenvalue weighted by atomic mass is 10.0. The molecule has 0 saturated heterocycles. The highest BCUT2D eigenvalue weighted by atomic mass is 35.5. The average molecular weight is 421 g/mol. The maximum atomic E-state index is 13.0. The molecule has 1 N–H and O–H groups in total. The number of methoxy groups -OCH3 is 1. The first kappa shape index (κ1) is 21.0. The van der Waals surface area contributed by atoms with Gasteiger partial charge in [0, 0.05) is 36.3 Å². The van der Waals surface area contributed by atoms with Gasteiger partial charge in [0.25, 0.3) is 5.91 Å². The monoisotopic (exact) mass is 420 g/mol. The predicted octanol–water partition coefficient (Wildman–Crippen LogP) is 3.63. The molecule has 3 rings (SSSR count). The summed E-state index contributed by atoms with van der Waals surface area (Å²) in [5, 5.41) is 7.66. The topological polar surface area (TPSA) is 85.7 Å². The third-order valence-electron chi connectivity index (χ3n) is 4.52. The Labute approximate surface area is 174 Å². The van der Waals surface area contributed by atoms with Crippen LogP contribution in [-0.4, -0.2) is 45.9 Å². The fraction of sp³-hybridized carbons (Fsp3) is 0.450. The number of benzene rings is 1. The van der Waals surface area contributed by atoms with Crippen molar-refractivity contribution in [3.05, 3.63) is 40.2 Å². The van der Waals surface area contributed by atoms with Crippen LogP contribution in [0.5, 0.6) is 5.75 Å². The summed E-state index contributed by atoms with van der Waals surface area (Å²) < 4.78 is 12.4. The SMILES string of the molecule is COc1ccc(Cl)cc1NC(=O)c1nn(C)c2c1CN(C(=O)OC(C)(C)C)CC2. The predicted molar refractivity (Wildman–Crippen MR) is 110 cm³/mol. The number of hydrogen-bond acceptors (Lipinski definition) is 5. The molecule has 2 aromatic rings. The van der Waals surface area contributed by atoms with Crippen LogP contribution >= 0.6 is 11.6 Å². The minimum atomic E-state index is -0.588. The van der Waals surface area contributed by atoms with Crippen molar-refractivity contribution < 1.29 is 19.1 Å². The fourth-order valence-corrected chi connectivity index (χ4v) is 3.39. The number of carbonyl (C=O) groups is 2. The molecule has 0 fully saturated rings. The maximum Gasteiger partial charge on any atom is 0.410 e. The number of aryl methyl sites for hydroxylation is 1. The minimum absolute atomic E-state index is 0.257. The van der Waals surface area contributed by atoms with Crippen LogP contribution < -0.4 is 10.1 Å². The van der Waals surface area contributed by atoms with Crippen molar-refractivity contribution in [1.29, 1.82) is 0 Å². The van der Waals surface area contributed by atoms with Crippen molar-refractivity contribution >= 4 is 29.3 Å². The molecule has 1 aliphatic heterocycles. The third-order valence-corrected chi connectivity index (χ3v) is 4.75. The van der Waals surface area contributed by atoms with Crippen LogP contribution in [0.3, 0.4) is 0 Å². The lowest BCUT2D eigenvalue weighted by Gasteiger charge is -2.30. The number of amides is 2. The zero-order chi connectivity index (χ0) is 21.3. The molecule has 29 heavy (non-hydrogen) atoms. The number of rotatable bonds is 3. The summed E-state index contributed by atoms with van der Waals surface area (Å²) in [5.74, 6) is 0.0939. The van der Waals surface area contributed by atoms with Crippen LogP contribution in [0.25, 0.3) is 0 Å². The Morgan fingerprint density at radius 1 is 1.28 bits per heavy atom. The van der Waals surface area contributed by atoms with E-state index in [0.717, 1.165) is 5.69 Å². The molecule has 1 aliphatic rings. The van der Waals surface area contributed by atoms with Crippen LogP contribution in [-0.2, 0) is 24.8 Å². The number of carbonyl (C=O) groups excluding carboxylic acids is 2. The van der Waals surface area contributed by atoms with Gasteiger partial charge in [-0.3, -0.25) is 9.48 Å². The molecule has 0 aliphatic carbocycles. The van der Waals surface area contributed by atoms with Gasteiger partial charge < -0.3 is 19.7 Å². The van der Waals surface area contributed by atoms with Crippen molar-refractivity contribution in [2.45, 2.75) is 39.3 Å². The van der Waals surface area contributed by atoms with Gasteiger partial charge in [-0.05, 0) is 39.0 Å². The minimum Gasteiger partial charge on any atom is -0.495 e. The molecule has 0 bridgehead atoms. The molecular formula is C20H25ClN4O4. The molecule has 2 heterocycles. The third kappa shape index (κ3) is 4.64. The van der Waals surface area contributed by atoms with E-state index in [1.54, 1.807) is 34.8 Å². The summed E-state index contributed by atoms with van der Waals surface area (Å²) in [6, 6.07) is 4.97. The zero-order valence-corrected chi connectivity index (χ0v) is 18.0. The molecule has 0 unspecified atom stereocenters. The molecule has 8 nitrogen and oxygen atoms in total. The van der Waals surface area contributed by atoms with Crippen molar-refractivity contribution in [3.63, 3.8) is 0 Å². The number of aromatic nitrogens is 2. The number of nitrogens with one attached hydrogen (secondary N) is 1. The average Bonchev–Trinajstić information content (AvgIpc) is 2.97. The highest BCUT2D eigenvalue weighted by molar-refractivity contribution is 6.31. The number of anilines is 1. The summed E-state index contributed by atoms with van der Waals surface area (Å²) in [4.78, 5) is 27.0. The fourth-order valence-electron chi connectivity index (χ4n) is 3.22. The van der Waals surface area contributed by atoms with E-state index in [1.165, 1.54) is 7.11 Å². The smallest absolute Gasteiger partial charge is 0.410 e. The number of fused-ring (bicyclic) bond motifs is 1. The van der Waals surface area contributed by atoms with Crippen molar-refractivity contribution in [3.8, 4) is 5.75 Å². The molecule has 156 valence electrons. The normalized spacial score (nSPS) is 13.7. The summed E-state index contributed by atoms with van der Waals surface area (Å²) in [7, 11) is 3.30. The van der Waals surface area contributed by atoms with Gasteiger partial charge in [0.05, 0.1) is 19.3 Å². The van der Waals surface area contributed by atoms with E-state index in [1.807, 2.05) is 20.8 Å². The Hall–Kier alpha value is -2.74. The van der Waals surface area contributed by atoms with Gasteiger partial charge in [-0.25, -0.2) is 4.79 Å². The Bertz CT molecular complexity index is 949. The second-order valence-corrected chi connectivity index (χ2v) is 8.28. The highest BCUT2D eigenvalue weighted by Crippen LogP contribution is 2.29. The van der Waals surface area contributed by atoms with E-state index >= 15 is 0 Å². The standard InChI is InChI=1S/C20H25ClN4O4/c1-20(2,3)29-19(27)25-9-8-15-13(11-25)17(23-24(15)4)18(26)22-14-10-12(21)6-7-16(14)28-5/h6-7,10H,8-9,11H2,1-5H3,(H,22,26). The number of hydrogen-bond donors (Lipinski definition) is 1. The lowest BCUT2D eigenvalue weighted by molar-refractivity contribution is 0.0222. The van der Waals surface area contributed by atoms with Gasteiger partial charge >= 0.3 is 6.09 Å². The molecule has 0 radical (unpaired) electrons. The first-order valence-corrected chi connectivity index (χ1v) is 9.64. The molecule has 0 atom stereocenters. The Kier molecular flexibility index (Phi) is 5.75. The quantitative estimate of drug-likeness (QED) is 0.819. The van der Waals surface area contributed by atoms with E-state index in [2.05, 4.69) is 10.4 Å². The molecule has 1 aromatic heterocycles. The van der Waals surface area contributed by atoms with Gasteiger partial charge in [-0.2, -0.15) is 5.10 Å². The van der Waals surface area contributed by atoms with Gasteiger partial charge in [0.1, 0.15) is 11.4 Å². The lowest BCUT2D eigenvalue weighted by Crippen LogP contribution is -2.40. The molecule has 2 amide bonds. The Balaban J connectivity index is 1.85. The van der Waals surface area contributed by atoms with Gasteiger partial charge in [0.15, 0.2) is 5.69 Å². The van der Waals surface area contributed by atoms with E-state index in [4.69, 9.17) is 21.1 Å². The second-order valence-electron chi connectivity index (χ2n) is 7.85. The van der Waals surface area contributed by atoms with Crippen molar-refractivity contribution in [1.82, 2.24) is 14.7 Å². The molecule has 0 saturated carbocycles. The maximum absolute atomic E-state index is 13.0. The molecule has 0 spiro atoms. The molecular weight excluding hydrogens is 396 g/mol. The zero-order valence-electron chi connectivity index (χ0n) is 17.2. The first-order valence-electron chi connectivity index (χ1n) is 9.26. The Morgan fingerprint density at radius 3 is 2.66 bits per heavy atom. The van der Waals surface area contributed by atoms with E-state index < -0.39 is 17.6 Å². The van der Waals surface area contributed by atoms with Gasteiger partial charge in [0.2, 0.25) is 0 Å². The summed E-state index contributed by atoms with van der Waals surface area (Å²) in [5.41, 5.74) is 1.76. The van der Waals surface area contributed by atoms with Crippen LogP contribution in [0.2, 0.25) is 5.02 Å². The largest absolute Gasteiger partial charge is 0.495 e. The van der Waals surface area contributed by atoms with Crippen molar-refractivity contribution in [2.24, 2.45) is 7.05 Å². The van der Waals surface area contributed by atoms with Gasteiger partial charge in [-0.15, -0.1) is 0 Å². The number of ether oxygens (including phenoxy) is 2.